The quantitative estimate of drug-likeness (QED) is 0.680. The van der Waals surface area contributed by atoms with Gasteiger partial charge < -0.3 is 14.1 Å². The molecule has 1 saturated heterocycles. The van der Waals surface area contributed by atoms with E-state index in [0.29, 0.717) is 37.0 Å². The third-order valence-electron chi connectivity index (χ3n) is 4.60. The van der Waals surface area contributed by atoms with Gasteiger partial charge in [-0.2, -0.15) is 0 Å². The number of amides is 1. The van der Waals surface area contributed by atoms with Gasteiger partial charge in [0.15, 0.2) is 0 Å². The molecule has 140 valence electrons. The van der Waals surface area contributed by atoms with Crippen molar-refractivity contribution in [3.8, 4) is 10.8 Å². The van der Waals surface area contributed by atoms with Gasteiger partial charge in [0.05, 0.1) is 30.1 Å². The molecule has 1 aliphatic heterocycles. The number of aryl methyl sites for hydroxylation is 1. The molecule has 1 amide bonds. The largest absolute Gasteiger partial charge is 0.440 e. The molecule has 1 atom stereocenters. The second-order valence-corrected chi connectivity index (χ2v) is 7.37. The lowest BCUT2D eigenvalue weighted by Crippen LogP contribution is -2.43. The molecule has 0 bridgehead atoms. The lowest BCUT2D eigenvalue weighted by Gasteiger charge is -2.33. The van der Waals surface area contributed by atoms with Crippen LogP contribution in [-0.4, -0.2) is 35.5 Å². The number of hydrogen-bond acceptors (Lipinski definition) is 5. The van der Waals surface area contributed by atoms with Gasteiger partial charge in [0, 0.05) is 6.54 Å². The maximum Gasteiger partial charge on any atom is 0.236 e. The van der Waals surface area contributed by atoms with Crippen LogP contribution in [0.25, 0.3) is 10.8 Å². The van der Waals surface area contributed by atoms with E-state index in [9.17, 15) is 9.18 Å². The van der Waals surface area contributed by atoms with Gasteiger partial charge in [-0.05, 0) is 36.1 Å². The minimum Gasteiger partial charge on any atom is -0.440 e. The number of carbonyl (C=O) groups is 1. The Labute approximate surface area is 160 Å². The SMILES string of the molecule is Cc1oc(-c2cccs2)nc1CC(=O)N1CCOC(c2ccc(F)cc2)C1. The average Bonchev–Trinajstić information content (AvgIpc) is 3.33. The molecule has 1 unspecified atom stereocenters. The Morgan fingerprint density at radius 2 is 2.15 bits per heavy atom. The van der Waals surface area contributed by atoms with Crippen molar-refractivity contribution in [1.29, 1.82) is 0 Å². The smallest absolute Gasteiger partial charge is 0.236 e. The Morgan fingerprint density at radius 3 is 2.89 bits per heavy atom. The van der Waals surface area contributed by atoms with Crippen LogP contribution in [0, 0.1) is 12.7 Å². The fraction of sp³-hybridized carbons (Fsp3) is 0.300. The highest BCUT2D eigenvalue weighted by Crippen LogP contribution is 2.27. The summed E-state index contributed by atoms with van der Waals surface area (Å²) in [5.41, 5.74) is 1.53. The molecule has 0 spiro atoms. The number of halogens is 1. The van der Waals surface area contributed by atoms with Gasteiger partial charge in [0.1, 0.15) is 17.7 Å². The molecule has 0 aliphatic carbocycles. The maximum absolute atomic E-state index is 13.1. The van der Waals surface area contributed by atoms with Gasteiger partial charge in [-0.3, -0.25) is 4.79 Å². The van der Waals surface area contributed by atoms with Crippen LogP contribution in [0.3, 0.4) is 0 Å². The molecule has 1 aliphatic rings. The molecule has 0 saturated carbocycles. The number of carbonyl (C=O) groups excluding carboxylic acids is 1. The van der Waals surface area contributed by atoms with Gasteiger partial charge in [-0.15, -0.1) is 11.3 Å². The van der Waals surface area contributed by atoms with Crippen LogP contribution < -0.4 is 0 Å². The van der Waals surface area contributed by atoms with E-state index in [1.807, 2.05) is 24.4 Å². The number of nitrogens with zero attached hydrogens (tertiary/aromatic N) is 2. The number of benzene rings is 1. The molecule has 2 aromatic heterocycles. The lowest BCUT2D eigenvalue weighted by molar-refractivity contribution is -0.138. The molecule has 3 aromatic rings. The first-order chi connectivity index (χ1) is 13.1. The monoisotopic (exact) mass is 386 g/mol. The van der Waals surface area contributed by atoms with Crippen molar-refractivity contribution in [1.82, 2.24) is 9.88 Å². The first-order valence-electron chi connectivity index (χ1n) is 8.75. The van der Waals surface area contributed by atoms with Crippen LogP contribution in [0.5, 0.6) is 0 Å². The molecule has 0 N–H and O–H groups in total. The zero-order valence-electron chi connectivity index (χ0n) is 14.9. The molecule has 27 heavy (non-hydrogen) atoms. The topological polar surface area (TPSA) is 55.6 Å². The van der Waals surface area contributed by atoms with E-state index in [0.717, 1.165) is 10.4 Å². The summed E-state index contributed by atoms with van der Waals surface area (Å²) in [6.07, 6.45) is -0.0555. The summed E-state index contributed by atoms with van der Waals surface area (Å²) in [5.74, 6) is 0.914. The van der Waals surface area contributed by atoms with E-state index in [2.05, 4.69) is 4.98 Å². The maximum atomic E-state index is 13.1. The van der Waals surface area contributed by atoms with Crippen LogP contribution in [0.15, 0.2) is 46.2 Å². The molecular weight excluding hydrogens is 367 g/mol. The summed E-state index contributed by atoms with van der Waals surface area (Å²) < 4.78 is 24.6. The van der Waals surface area contributed by atoms with Gasteiger partial charge in [0.25, 0.3) is 0 Å². The number of morpholine rings is 1. The van der Waals surface area contributed by atoms with Crippen molar-refractivity contribution in [2.24, 2.45) is 0 Å². The van der Waals surface area contributed by atoms with E-state index in [-0.39, 0.29) is 24.2 Å². The van der Waals surface area contributed by atoms with E-state index in [1.165, 1.54) is 12.1 Å². The third-order valence-corrected chi connectivity index (χ3v) is 5.46. The summed E-state index contributed by atoms with van der Waals surface area (Å²) in [4.78, 5) is 20.0. The average molecular weight is 386 g/mol. The first-order valence-corrected chi connectivity index (χ1v) is 9.63. The van der Waals surface area contributed by atoms with Crippen molar-refractivity contribution in [2.45, 2.75) is 19.4 Å². The third kappa shape index (κ3) is 3.94. The van der Waals surface area contributed by atoms with E-state index < -0.39 is 0 Å². The van der Waals surface area contributed by atoms with Crippen molar-refractivity contribution >= 4 is 17.2 Å². The molecule has 1 aromatic carbocycles. The fourth-order valence-corrected chi connectivity index (χ4v) is 3.76. The van der Waals surface area contributed by atoms with E-state index in [4.69, 9.17) is 9.15 Å². The zero-order valence-corrected chi connectivity index (χ0v) is 15.7. The summed E-state index contributed by atoms with van der Waals surface area (Å²) in [6.45, 7) is 3.25. The summed E-state index contributed by atoms with van der Waals surface area (Å²) in [5, 5.41) is 1.96. The van der Waals surface area contributed by atoms with Crippen molar-refractivity contribution in [2.75, 3.05) is 19.7 Å². The molecule has 4 rings (SSSR count). The van der Waals surface area contributed by atoms with Crippen molar-refractivity contribution in [3.63, 3.8) is 0 Å². The molecule has 7 heteroatoms. The zero-order chi connectivity index (χ0) is 18.8. The molecule has 1 fully saturated rings. The Morgan fingerprint density at radius 1 is 1.33 bits per heavy atom. The van der Waals surface area contributed by atoms with Crippen LogP contribution >= 0.6 is 11.3 Å². The number of oxazole rings is 1. The van der Waals surface area contributed by atoms with E-state index in [1.54, 1.807) is 28.4 Å². The first kappa shape index (κ1) is 17.9. The van der Waals surface area contributed by atoms with Crippen molar-refractivity contribution in [3.05, 3.63) is 64.6 Å². The Kier molecular flexibility index (Phi) is 5.05. The molecule has 5 nitrogen and oxygen atoms in total. The van der Waals surface area contributed by atoms with Gasteiger partial charge in [-0.25, -0.2) is 9.37 Å². The highest BCUT2D eigenvalue weighted by Gasteiger charge is 2.26. The normalized spacial score (nSPS) is 17.3. The molecular formula is C20H19FN2O3S. The van der Waals surface area contributed by atoms with Crippen LogP contribution in [-0.2, 0) is 16.0 Å². The predicted octanol–water partition coefficient (Wildman–Crippen LogP) is 3.99. The van der Waals surface area contributed by atoms with Crippen LogP contribution in [0.2, 0.25) is 0 Å². The lowest BCUT2D eigenvalue weighted by atomic mass is 10.1. The number of aromatic nitrogens is 1. The predicted molar refractivity (Wildman–Crippen MR) is 99.9 cm³/mol. The molecule has 0 radical (unpaired) electrons. The van der Waals surface area contributed by atoms with Crippen LogP contribution in [0.1, 0.15) is 23.1 Å². The van der Waals surface area contributed by atoms with E-state index >= 15 is 0 Å². The van der Waals surface area contributed by atoms with Crippen LogP contribution in [0.4, 0.5) is 4.39 Å². The summed E-state index contributed by atoms with van der Waals surface area (Å²) in [6, 6.07) is 10.1. The second kappa shape index (κ2) is 7.62. The minimum absolute atomic E-state index is 0.0143. The fourth-order valence-electron chi connectivity index (χ4n) is 3.11. The number of ether oxygens (including phenoxy) is 1. The standard InChI is InChI=1S/C20H19FN2O3S/c1-13-16(22-20(26-13)18-3-2-10-27-18)11-19(24)23-8-9-25-17(12-23)14-4-6-15(21)7-5-14/h2-7,10,17H,8-9,11-12H2,1H3. The van der Waals surface area contributed by atoms with Crippen molar-refractivity contribution < 1.29 is 18.3 Å². The minimum atomic E-state index is -0.287. The number of rotatable bonds is 4. The van der Waals surface area contributed by atoms with Gasteiger partial charge >= 0.3 is 0 Å². The van der Waals surface area contributed by atoms with Gasteiger partial charge in [0.2, 0.25) is 11.8 Å². The Hall–Kier alpha value is -2.51. The highest BCUT2D eigenvalue weighted by atomic mass is 32.1. The summed E-state index contributed by atoms with van der Waals surface area (Å²) >= 11 is 1.55. The summed E-state index contributed by atoms with van der Waals surface area (Å²) in [7, 11) is 0. The highest BCUT2D eigenvalue weighted by molar-refractivity contribution is 7.13. The number of hydrogen-bond donors (Lipinski definition) is 0. The van der Waals surface area contributed by atoms with Gasteiger partial charge in [-0.1, -0.05) is 18.2 Å². The number of thiophene rings is 1. The Balaban J connectivity index is 1.44. The Bertz CT molecular complexity index is 921. The second-order valence-electron chi connectivity index (χ2n) is 6.43. The molecule has 3 heterocycles.